The monoisotopic (exact) mass is 462 g/mol. The van der Waals surface area contributed by atoms with Gasteiger partial charge in [0.15, 0.2) is 29.1 Å². The second-order valence-electron chi connectivity index (χ2n) is 7.63. The first-order chi connectivity index (χ1) is 15.4. The quantitative estimate of drug-likeness (QED) is 0.489. The molecule has 1 spiro atoms. The van der Waals surface area contributed by atoms with Crippen LogP contribution in [0.15, 0.2) is 42.9 Å². The number of H-pyrrole nitrogens is 1. The van der Waals surface area contributed by atoms with Gasteiger partial charge in [-0.05, 0) is 31.0 Å². The van der Waals surface area contributed by atoms with Gasteiger partial charge in [-0.3, -0.25) is 4.79 Å². The van der Waals surface area contributed by atoms with Gasteiger partial charge < -0.3 is 19.5 Å². The van der Waals surface area contributed by atoms with Crippen LogP contribution in [0.25, 0.3) is 11.0 Å². The maximum absolute atomic E-state index is 13.7. The highest BCUT2D eigenvalue weighted by atomic mass is 32.2. The number of thiol groups is 1. The van der Waals surface area contributed by atoms with Crippen molar-refractivity contribution >= 4 is 33.6 Å². The lowest BCUT2D eigenvalue weighted by Gasteiger charge is -2.42. The lowest BCUT2D eigenvalue weighted by atomic mass is 10.1. The van der Waals surface area contributed by atoms with Crippen molar-refractivity contribution in [1.82, 2.24) is 19.9 Å². The Balaban J connectivity index is 0.000000567. The fraction of sp³-hybridized carbons (Fsp3) is 0.350. The minimum Gasteiger partial charge on any atom is -0.481 e. The van der Waals surface area contributed by atoms with E-state index in [1.54, 1.807) is 18.5 Å². The standard InChI is InChI=1S/C20H20FN5O2.H3NO2S/c21-15-3-1-2-4-16(15)28-11-17(27)26-10-9-25(12-20(26)6-7-20)19-14-5-8-22-18(14)23-13-24-19;1-4(2)3/h1-5,8,13H,6-7,9-12H2,(H,22,23,24);4H,(H2,1,2,3). The normalized spacial score (nSPS) is 16.7. The molecule has 0 bridgehead atoms. The highest BCUT2D eigenvalue weighted by molar-refractivity contribution is 7.69. The third-order valence-corrected chi connectivity index (χ3v) is 5.60. The molecule has 2 aliphatic rings. The van der Waals surface area contributed by atoms with Crippen molar-refractivity contribution in [3.63, 3.8) is 0 Å². The molecule has 2 fully saturated rings. The number of nitrogens with two attached hydrogens (primary N) is 1. The highest BCUT2D eigenvalue weighted by Gasteiger charge is 2.53. The van der Waals surface area contributed by atoms with Crippen LogP contribution >= 0.6 is 0 Å². The number of carbonyl (C=O) groups is 1. The van der Waals surface area contributed by atoms with Crippen molar-refractivity contribution in [1.29, 1.82) is 0 Å². The van der Waals surface area contributed by atoms with E-state index >= 15 is 0 Å². The molecule has 3 heterocycles. The largest absolute Gasteiger partial charge is 0.481 e. The van der Waals surface area contributed by atoms with Crippen molar-refractivity contribution in [3.8, 4) is 5.75 Å². The fourth-order valence-corrected chi connectivity index (χ4v) is 4.01. The van der Waals surface area contributed by atoms with Crippen molar-refractivity contribution in [2.24, 2.45) is 5.14 Å². The first-order valence-electron chi connectivity index (χ1n) is 9.99. The van der Waals surface area contributed by atoms with E-state index in [1.165, 1.54) is 12.1 Å². The van der Waals surface area contributed by atoms with Gasteiger partial charge in [0.25, 0.3) is 5.91 Å². The summed E-state index contributed by atoms with van der Waals surface area (Å²) in [5.74, 6) is 0.442. The highest BCUT2D eigenvalue weighted by Crippen LogP contribution is 2.45. The molecule has 170 valence electrons. The van der Waals surface area contributed by atoms with Gasteiger partial charge in [0.1, 0.15) is 17.8 Å². The van der Waals surface area contributed by atoms with E-state index in [2.05, 4.69) is 25.0 Å². The lowest BCUT2D eigenvalue weighted by molar-refractivity contribution is -0.137. The smallest absolute Gasteiger partial charge is 0.261 e. The Morgan fingerprint density at radius 1 is 1.22 bits per heavy atom. The number of nitrogens with one attached hydrogen (secondary N) is 1. The molecule has 3 N–H and O–H groups in total. The average molecular weight is 463 g/mol. The zero-order valence-corrected chi connectivity index (χ0v) is 18.0. The Bertz CT molecular complexity index is 1190. The Morgan fingerprint density at radius 3 is 2.69 bits per heavy atom. The number of hydrogen-bond donors (Lipinski definition) is 3. The molecule has 5 rings (SSSR count). The third-order valence-electron chi connectivity index (χ3n) is 5.60. The molecule has 2 aromatic heterocycles. The number of aromatic nitrogens is 3. The number of piperazine rings is 1. The second-order valence-corrected chi connectivity index (χ2v) is 8.20. The zero-order valence-electron chi connectivity index (χ0n) is 17.1. The number of nitrogens with zero attached hydrogens (tertiary/aromatic N) is 4. The van der Waals surface area contributed by atoms with E-state index in [4.69, 9.17) is 13.2 Å². The number of aromatic amines is 1. The number of halogens is 1. The molecule has 0 radical (unpaired) electrons. The summed E-state index contributed by atoms with van der Waals surface area (Å²) in [6.45, 7) is 1.86. The summed E-state index contributed by atoms with van der Waals surface area (Å²) in [6.07, 6.45) is 5.33. The molecule has 1 saturated carbocycles. The lowest BCUT2D eigenvalue weighted by Crippen LogP contribution is -2.58. The van der Waals surface area contributed by atoms with Crippen LogP contribution in [0.3, 0.4) is 0 Å². The van der Waals surface area contributed by atoms with Crippen LogP contribution < -0.4 is 14.8 Å². The molecule has 1 aliphatic carbocycles. The van der Waals surface area contributed by atoms with Gasteiger partial charge in [0, 0.05) is 25.8 Å². The fourth-order valence-electron chi connectivity index (χ4n) is 4.01. The van der Waals surface area contributed by atoms with Crippen LogP contribution in [0, 0.1) is 5.82 Å². The summed E-state index contributed by atoms with van der Waals surface area (Å²) in [5.41, 5.74) is 0.633. The number of anilines is 1. The van der Waals surface area contributed by atoms with E-state index in [0.29, 0.717) is 13.1 Å². The van der Waals surface area contributed by atoms with E-state index in [1.807, 2.05) is 17.2 Å². The van der Waals surface area contributed by atoms with Gasteiger partial charge >= 0.3 is 0 Å². The SMILES string of the molecule is N[SH](=O)=O.O=C(COc1ccccc1F)N1CCN(c2ncnc3[nH]ccc23)CC12CC2. The maximum Gasteiger partial charge on any atom is 0.261 e. The van der Waals surface area contributed by atoms with Gasteiger partial charge in [0.05, 0.1) is 10.9 Å². The average Bonchev–Trinajstić information content (AvgIpc) is 3.33. The van der Waals surface area contributed by atoms with Crippen LogP contribution in [0.2, 0.25) is 0 Å². The summed E-state index contributed by atoms with van der Waals surface area (Å²) in [6, 6.07) is 8.11. The number of carbonyl (C=O) groups excluding carboxylic acids is 1. The van der Waals surface area contributed by atoms with Crippen LogP contribution in [-0.4, -0.2) is 66.0 Å². The number of benzene rings is 1. The summed E-state index contributed by atoms with van der Waals surface area (Å²) in [5, 5.41) is 5.05. The number of fused-ring (bicyclic) bond motifs is 1. The van der Waals surface area contributed by atoms with Gasteiger partial charge in [-0.25, -0.2) is 27.9 Å². The van der Waals surface area contributed by atoms with Crippen LogP contribution in [0.4, 0.5) is 10.2 Å². The molecule has 0 unspecified atom stereocenters. The van der Waals surface area contributed by atoms with Gasteiger partial charge in [-0.2, -0.15) is 0 Å². The Kier molecular flexibility index (Phi) is 6.24. The number of amides is 1. The minimum absolute atomic E-state index is 0.102. The molecule has 3 aromatic rings. The second kappa shape index (κ2) is 9.09. The molecule has 12 heteroatoms. The van der Waals surface area contributed by atoms with Crippen molar-refractivity contribution in [3.05, 3.63) is 48.7 Å². The van der Waals surface area contributed by atoms with Crippen molar-refractivity contribution < 1.29 is 22.3 Å². The molecule has 32 heavy (non-hydrogen) atoms. The van der Waals surface area contributed by atoms with Gasteiger partial charge in [0.2, 0.25) is 0 Å². The topological polar surface area (TPSA) is 135 Å². The van der Waals surface area contributed by atoms with Crippen molar-refractivity contribution in [2.45, 2.75) is 18.4 Å². The third kappa shape index (κ3) is 4.65. The number of hydrogen-bond acceptors (Lipinski definition) is 7. The predicted octanol–water partition coefficient (Wildman–Crippen LogP) is 0.829. The Labute approximate surface area is 185 Å². The van der Waals surface area contributed by atoms with Crippen LogP contribution in [0.1, 0.15) is 12.8 Å². The molecular weight excluding hydrogens is 439 g/mol. The number of rotatable bonds is 4. The number of ether oxygens (including phenoxy) is 1. The molecule has 1 amide bonds. The predicted molar refractivity (Wildman–Crippen MR) is 116 cm³/mol. The first-order valence-corrected chi connectivity index (χ1v) is 11.2. The van der Waals surface area contributed by atoms with Crippen molar-refractivity contribution in [2.75, 3.05) is 31.1 Å². The van der Waals surface area contributed by atoms with E-state index < -0.39 is 16.7 Å². The van der Waals surface area contributed by atoms with E-state index in [0.717, 1.165) is 36.2 Å². The van der Waals surface area contributed by atoms with Gasteiger partial charge in [-0.15, -0.1) is 0 Å². The zero-order chi connectivity index (χ0) is 22.7. The summed E-state index contributed by atoms with van der Waals surface area (Å²) in [7, 11) is -2.62. The number of para-hydroxylation sites is 1. The molecule has 1 aromatic carbocycles. The molecular formula is C20H23FN6O4S. The Morgan fingerprint density at radius 2 is 1.97 bits per heavy atom. The first kappa shape index (κ1) is 22.0. The summed E-state index contributed by atoms with van der Waals surface area (Å²) >= 11 is 0. The van der Waals surface area contributed by atoms with E-state index in [-0.39, 0.29) is 23.8 Å². The molecule has 0 atom stereocenters. The van der Waals surface area contributed by atoms with Crippen LogP contribution in [-0.2, 0) is 15.7 Å². The minimum atomic E-state index is -2.62. The van der Waals surface area contributed by atoms with Crippen LogP contribution in [0.5, 0.6) is 5.75 Å². The molecule has 10 nitrogen and oxygen atoms in total. The van der Waals surface area contributed by atoms with Gasteiger partial charge in [-0.1, -0.05) is 12.1 Å². The summed E-state index contributed by atoms with van der Waals surface area (Å²) in [4.78, 5) is 28.7. The Hall–Kier alpha value is -3.25. The van der Waals surface area contributed by atoms with E-state index in [9.17, 15) is 9.18 Å². The molecule has 1 aliphatic heterocycles. The maximum atomic E-state index is 13.7. The summed E-state index contributed by atoms with van der Waals surface area (Å²) < 4.78 is 36.8. The molecule has 1 saturated heterocycles.